The lowest BCUT2D eigenvalue weighted by molar-refractivity contribution is 0.102. The Morgan fingerprint density at radius 3 is 2.33 bits per heavy atom. The van der Waals surface area contributed by atoms with E-state index in [1.165, 1.54) is 12.1 Å². The summed E-state index contributed by atoms with van der Waals surface area (Å²) in [5, 5.41) is 2.63. The minimum Gasteiger partial charge on any atom is -0.321 e. The van der Waals surface area contributed by atoms with E-state index < -0.39 is 10.1 Å². The summed E-state index contributed by atoms with van der Waals surface area (Å²) in [5.74, 6) is 0.0548. The van der Waals surface area contributed by atoms with Crippen molar-refractivity contribution in [3.63, 3.8) is 0 Å². The molecule has 0 aliphatic rings. The standard InChI is InChI=1S/C18H21NO4S/c1-4-13(2)14-9-11-15(12-10-14)18(20)19-16-7-5-6-8-17(16)24(21,22)23-3/h5-13H,4H2,1-3H3,(H,19,20). The molecule has 0 bridgehead atoms. The van der Waals surface area contributed by atoms with E-state index in [2.05, 4.69) is 23.3 Å². The maximum Gasteiger partial charge on any atom is 0.298 e. The predicted molar refractivity (Wildman–Crippen MR) is 93.7 cm³/mol. The Kier molecular flexibility index (Phi) is 5.75. The molecule has 0 aromatic heterocycles. The summed E-state index contributed by atoms with van der Waals surface area (Å²) in [6, 6.07) is 13.5. The molecular formula is C18H21NO4S. The molecule has 1 unspecified atom stereocenters. The Bertz CT molecular complexity index is 813. The second kappa shape index (κ2) is 7.59. The van der Waals surface area contributed by atoms with Crippen LogP contribution in [0.4, 0.5) is 5.69 Å². The van der Waals surface area contributed by atoms with Gasteiger partial charge >= 0.3 is 0 Å². The van der Waals surface area contributed by atoms with Crippen molar-refractivity contribution in [2.24, 2.45) is 0 Å². The molecule has 1 atom stereocenters. The molecule has 5 nitrogen and oxygen atoms in total. The topological polar surface area (TPSA) is 72.5 Å². The highest BCUT2D eigenvalue weighted by atomic mass is 32.2. The van der Waals surface area contributed by atoms with Crippen molar-refractivity contribution >= 4 is 21.7 Å². The number of anilines is 1. The molecule has 0 saturated carbocycles. The third kappa shape index (κ3) is 4.01. The van der Waals surface area contributed by atoms with E-state index in [0.29, 0.717) is 11.5 Å². The lowest BCUT2D eigenvalue weighted by Crippen LogP contribution is -2.15. The van der Waals surface area contributed by atoms with Crippen LogP contribution in [0.1, 0.15) is 42.1 Å². The second-order valence-corrected chi connectivity index (χ2v) is 7.18. The van der Waals surface area contributed by atoms with Gasteiger partial charge in [0.05, 0.1) is 12.8 Å². The fraction of sp³-hybridized carbons (Fsp3) is 0.278. The van der Waals surface area contributed by atoms with Gasteiger partial charge in [0.15, 0.2) is 0 Å². The van der Waals surface area contributed by atoms with Crippen LogP contribution in [0.2, 0.25) is 0 Å². The second-order valence-electron chi connectivity index (χ2n) is 5.50. The number of hydrogen-bond acceptors (Lipinski definition) is 4. The third-order valence-electron chi connectivity index (χ3n) is 3.98. The normalized spacial score (nSPS) is 12.6. The van der Waals surface area contributed by atoms with E-state index in [-0.39, 0.29) is 16.5 Å². The summed E-state index contributed by atoms with van der Waals surface area (Å²) in [5.41, 5.74) is 1.82. The summed E-state index contributed by atoms with van der Waals surface area (Å²) in [6.07, 6.45) is 1.02. The zero-order valence-electron chi connectivity index (χ0n) is 13.9. The Labute approximate surface area is 142 Å². The molecule has 1 N–H and O–H groups in total. The molecule has 0 spiro atoms. The molecule has 2 rings (SSSR count). The van der Waals surface area contributed by atoms with Gasteiger partial charge in [0.25, 0.3) is 16.0 Å². The molecule has 24 heavy (non-hydrogen) atoms. The summed E-state index contributed by atoms with van der Waals surface area (Å²) >= 11 is 0. The summed E-state index contributed by atoms with van der Waals surface area (Å²) in [4.78, 5) is 12.3. The van der Waals surface area contributed by atoms with E-state index in [1.54, 1.807) is 24.3 Å². The van der Waals surface area contributed by atoms with Gasteiger partial charge in [-0.25, -0.2) is 0 Å². The van der Waals surface area contributed by atoms with Crippen LogP contribution in [-0.2, 0) is 14.3 Å². The van der Waals surface area contributed by atoms with Gasteiger partial charge in [0.2, 0.25) is 0 Å². The van der Waals surface area contributed by atoms with Gasteiger partial charge in [-0.15, -0.1) is 0 Å². The smallest absolute Gasteiger partial charge is 0.298 e. The van der Waals surface area contributed by atoms with Crippen LogP contribution in [0, 0.1) is 0 Å². The van der Waals surface area contributed by atoms with Crippen molar-refractivity contribution in [1.82, 2.24) is 0 Å². The van der Waals surface area contributed by atoms with Crippen molar-refractivity contribution < 1.29 is 17.4 Å². The highest BCUT2D eigenvalue weighted by Gasteiger charge is 2.19. The van der Waals surface area contributed by atoms with Gasteiger partial charge in [-0.1, -0.05) is 38.1 Å². The van der Waals surface area contributed by atoms with E-state index in [0.717, 1.165) is 19.1 Å². The van der Waals surface area contributed by atoms with Crippen LogP contribution >= 0.6 is 0 Å². The number of benzene rings is 2. The van der Waals surface area contributed by atoms with Crippen molar-refractivity contribution in [2.75, 3.05) is 12.4 Å². The largest absolute Gasteiger partial charge is 0.321 e. The summed E-state index contributed by atoms with van der Waals surface area (Å²) < 4.78 is 28.4. The Hall–Kier alpha value is -2.18. The molecule has 0 aliphatic heterocycles. The van der Waals surface area contributed by atoms with Crippen molar-refractivity contribution in [3.8, 4) is 0 Å². The highest BCUT2D eigenvalue weighted by molar-refractivity contribution is 7.87. The van der Waals surface area contributed by atoms with Crippen LogP contribution in [0.25, 0.3) is 0 Å². The Balaban J connectivity index is 2.25. The minimum atomic E-state index is -3.89. The number of hydrogen-bond donors (Lipinski definition) is 1. The lowest BCUT2D eigenvalue weighted by atomic mass is 9.97. The van der Waals surface area contributed by atoms with Crippen LogP contribution in [0.5, 0.6) is 0 Å². The first-order valence-electron chi connectivity index (χ1n) is 7.70. The zero-order chi connectivity index (χ0) is 17.7. The van der Waals surface area contributed by atoms with Gasteiger partial charge < -0.3 is 5.32 Å². The van der Waals surface area contributed by atoms with E-state index in [4.69, 9.17) is 0 Å². The molecule has 2 aromatic rings. The van der Waals surface area contributed by atoms with Crippen LogP contribution in [-0.4, -0.2) is 21.4 Å². The van der Waals surface area contributed by atoms with Gasteiger partial charge in [0.1, 0.15) is 4.90 Å². The number of rotatable bonds is 6. The molecule has 2 aromatic carbocycles. The van der Waals surface area contributed by atoms with Crippen LogP contribution < -0.4 is 5.32 Å². The third-order valence-corrected chi connectivity index (χ3v) is 5.31. The Morgan fingerprint density at radius 2 is 1.75 bits per heavy atom. The molecule has 0 saturated heterocycles. The van der Waals surface area contributed by atoms with Gasteiger partial charge in [0, 0.05) is 5.56 Å². The lowest BCUT2D eigenvalue weighted by Gasteiger charge is -2.12. The molecule has 6 heteroatoms. The molecule has 1 amide bonds. The first kappa shape index (κ1) is 18.2. The first-order chi connectivity index (χ1) is 11.4. The maximum atomic E-state index is 12.4. The fourth-order valence-electron chi connectivity index (χ4n) is 2.27. The predicted octanol–water partition coefficient (Wildman–Crippen LogP) is 3.79. The molecule has 128 valence electrons. The fourth-order valence-corrected chi connectivity index (χ4v) is 3.08. The van der Waals surface area contributed by atoms with Gasteiger partial charge in [-0.3, -0.25) is 8.98 Å². The SMILES string of the molecule is CCC(C)c1ccc(C(=O)Nc2ccccc2S(=O)(=O)OC)cc1. The van der Waals surface area contributed by atoms with Crippen molar-refractivity contribution in [2.45, 2.75) is 31.1 Å². The molecular weight excluding hydrogens is 326 g/mol. The Morgan fingerprint density at radius 1 is 1.12 bits per heavy atom. The molecule has 0 fully saturated rings. The number of nitrogens with one attached hydrogen (secondary N) is 1. The quantitative estimate of drug-likeness (QED) is 0.807. The first-order valence-corrected chi connectivity index (χ1v) is 9.10. The van der Waals surface area contributed by atoms with E-state index in [1.807, 2.05) is 12.1 Å². The average molecular weight is 347 g/mol. The van der Waals surface area contributed by atoms with Crippen LogP contribution in [0.15, 0.2) is 53.4 Å². The summed E-state index contributed by atoms with van der Waals surface area (Å²) in [6.45, 7) is 4.24. The number of carbonyl (C=O) groups is 1. The zero-order valence-corrected chi connectivity index (χ0v) is 14.8. The molecule has 0 radical (unpaired) electrons. The van der Waals surface area contributed by atoms with E-state index in [9.17, 15) is 13.2 Å². The minimum absolute atomic E-state index is 0.0722. The maximum absolute atomic E-state index is 12.4. The summed E-state index contributed by atoms with van der Waals surface area (Å²) in [7, 11) is -2.81. The van der Waals surface area contributed by atoms with E-state index >= 15 is 0 Å². The number of para-hydroxylation sites is 1. The van der Waals surface area contributed by atoms with Gasteiger partial charge in [-0.2, -0.15) is 8.42 Å². The monoisotopic (exact) mass is 347 g/mol. The number of carbonyl (C=O) groups excluding carboxylic acids is 1. The van der Waals surface area contributed by atoms with Crippen molar-refractivity contribution in [3.05, 3.63) is 59.7 Å². The highest BCUT2D eigenvalue weighted by Crippen LogP contribution is 2.23. The van der Waals surface area contributed by atoms with Crippen molar-refractivity contribution in [1.29, 1.82) is 0 Å². The number of amides is 1. The molecule has 0 aliphatic carbocycles. The van der Waals surface area contributed by atoms with Gasteiger partial charge in [-0.05, 0) is 42.2 Å². The molecule has 0 heterocycles. The average Bonchev–Trinajstić information content (AvgIpc) is 2.61. The van der Waals surface area contributed by atoms with Crippen LogP contribution in [0.3, 0.4) is 0 Å².